The molecule has 0 aromatic heterocycles. The van der Waals surface area contributed by atoms with Crippen molar-refractivity contribution in [3.63, 3.8) is 0 Å². The van der Waals surface area contributed by atoms with Crippen LogP contribution in [0.4, 0.5) is 5.69 Å². The number of carbonyl (C=O) groups is 2. The minimum atomic E-state index is -3.65. The van der Waals surface area contributed by atoms with Crippen molar-refractivity contribution in [2.24, 2.45) is 0 Å². The number of benzene rings is 2. The highest BCUT2D eigenvalue weighted by Gasteiger charge is 2.22. The Morgan fingerprint density at radius 1 is 0.933 bits per heavy atom. The summed E-state index contributed by atoms with van der Waals surface area (Å²) in [5, 5.41) is 2.80. The Balaban J connectivity index is 2.21. The summed E-state index contributed by atoms with van der Waals surface area (Å²) in [7, 11) is -3.65. The van der Waals surface area contributed by atoms with Gasteiger partial charge in [0.1, 0.15) is 0 Å². The fraction of sp³-hybridized carbons (Fsp3) is 0.364. The third-order valence-electron chi connectivity index (χ3n) is 4.82. The molecule has 2 rings (SSSR count). The lowest BCUT2D eigenvalue weighted by Gasteiger charge is -2.19. The van der Waals surface area contributed by atoms with Crippen molar-refractivity contribution >= 4 is 27.5 Å². The van der Waals surface area contributed by atoms with E-state index in [-0.39, 0.29) is 16.4 Å². The molecular formula is C22H29N3O4S. The van der Waals surface area contributed by atoms with Gasteiger partial charge in [0, 0.05) is 44.4 Å². The Kier molecular flexibility index (Phi) is 8.14. The number of hydrogen-bond donors (Lipinski definition) is 1. The predicted octanol–water partition coefficient (Wildman–Crippen LogP) is 3.34. The standard InChI is InChI=1S/C22H29N3O4S/c1-5-24(17(4)26)16-18-10-8-12-20(14-18)23-22(27)19-11-9-13-21(15-19)30(28,29)25(6-2)7-3/h8-15H,5-7,16H2,1-4H3,(H,23,27). The smallest absolute Gasteiger partial charge is 0.255 e. The van der Waals surface area contributed by atoms with E-state index in [1.165, 1.54) is 23.4 Å². The minimum absolute atomic E-state index is 0.0156. The first-order chi connectivity index (χ1) is 14.2. The third kappa shape index (κ3) is 5.67. The highest BCUT2D eigenvalue weighted by molar-refractivity contribution is 7.89. The molecule has 2 aromatic rings. The highest BCUT2D eigenvalue weighted by atomic mass is 32.2. The van der Waals surface area contributed by atoms with Crippen LogP contribution >= 0.6 is 0 Å². The van der Waals surface area contributed by atoms with E-state index < -0.39 is 15.9 Å². The fourth-order valence-electron chi connectivity index (χ4n) is 3.13. The van der Waals surface area contributed by atoms with E-state index in [1.807, 2.05) is 13.0 Å². The lowest BCUT2D eigenvalue weighted by Crippen LogP contribution is -2.30. The van der Waals surface area contributed by atoms with Crippen LogP contribution in [0.25, 0.3) is 0 Å². The summed E-state index contributed by atoms with van der Waals surface area (Å²) in [4.78, 5) is 26.1. The summed E-state index contributed by atoms with van der Waals surface area (Å²) in [6.45, 7) is 8.74. The Bertz CT molecular complexity index is 1000. The van der Waals surface area contributed by atoms with Crippen molar-refractivity contribution in [2.75, 3.05) is 25.0 Å². The summed E-state index contributed by atoms with van der Waals surface area (Å²) in [5.74, 6) is -0.416. The predicted molar refractivity (Wildman–Crippen MR) is 118 cm³/mol. The first-order valence-electron chi connectivity index (χ1n) is 9.98. The van der Waals surface area contributed by atoms with Crippen molar-refractivity contribution in [2.45, 2.75) is 39.1 Å². The average molecular weight is 432 g/mol. The molecule has 162 valence electrons. The van der Waals surface area contributed by atoms with Gasteiger partial charge in [-0.2, -0.15) is 4.31 Å². The molecule has 8 heteroatoms. The van der Waals surface area contributed by atoms with Crippen molar-refractivity contribution < 1.29 is 18.0 Å². The van der Waals surface area contributed by atoms with Gasteiger partial charge >= 0.3 is 0 Å². The van der Waals surface area contributed by atoms with Crippen molar-refractivity contribution in [1.82, 2.24) is 9.21 Å². The molecule has 0 saturated heterocycles. The van der Waals surface area contributed by atoms with E-state index in [1.54, 1.807) is 49.1 Å². The molecule has 0 atom stereocenters. The minimum Gasteiger partial charge on any atom is -0.339 e. The van der Waals surface area contributed by atoms with Crippen LogP contribution in [0.5, 0.6) is 0 Å². The fourth-order valence-corrected chi connectivity index (χ4v) is 4.63. The van der Waals surface area contributed by atoms with E-state index in [0.717, 1.165) is 5.56 Å². The number of sulfonamides is 1. The molecule has 0 radical (unpaired) electrons. The number of nitrogens with one attached hydrogen (secondary N) is 1. The summed E-state index contributed by atoms with van der Waals surface area (Å²) in [6, 6.07) is 13.3. The normalized spacial score (nSPS) is 11.4. The first kappa shape index (κ1) is 23.6. The maximum absolute atomic E-state index is 12.7. The third-order valence-corrected chi connectivity index (χ3v) is 6.87. The second kappa shape index (κ2) is 10.4. The number of amides is 2. The lowest BCUT2D eigenvalue weighted by atomic mass is 10.1. The molecule has 0 aliphatic heterocycles. The summed E-state index contributed by atoms with van der Waals surface area (Å²) < 4.78 is 26.8. The molecule has 0 saturated carbocycles. The van der Waals surface area contributed by atoms with Gasteiger partial charge in [-0.15, -0.1) is 0 Å². The van der Waals surface area contributed by atoms with Crippen molar-refractivity contribution in [1.29, 1.82) is 0 Å². The maximum Gasteiger partial charge on any atom is 0.255 e. The molecule has 0 spiro atoms. The number of carbonyl (C=O) groups excluding carboxylic acids is 2. The monoisotopic (exact) mass is 431 g/mol. The zero-order valence-electron chi connectivity index (χ0n) is 17.9. The molecule has 0 bridgehead atoms. The van der Waals surface area contributed by atoms with E-state index in [2.05, 4.69) is 5.32 Å². The van der Waals surface area contributed by atoms with Crippen LogP contribution in [0.15, 0.2) is 53.4 Å². The van der Waals surface area contributed by atoms with Crippen LogP contribution in [-0.2, 0) is 21.4 Å². The zero-order valence-corrected chi connectivity index (χ0v) is 18.7. The van der Waals surface area contributed by atoms with Crippen LogP contribution in [0.1, 0.15) is 43.6 Å². The molecule has 30 heavy (non-hydrogen) atoms. The Morgan fingerprint density at radius 2 is 1.60 bits per heavy atom. The second-order valence-electron chi connectivity index (χ2n) is 6.80. The number of nitrogens with zero attached hydrogens (tertiary/aromatic N) is 2. The van der Waals surface area contributed by atoms with Gasteiger partial charge in [0.25, 0.3) is 5.91 Å². The zero-order chi connectivity index (χ0) is 22.3. The second-order valence-corrected chi connectivity index (χ2v) is 8.74. The number of rotatable bonds is 9. The Morgan fingerprint density at radius 3 is 2.20 bits per heavy atom. The molecule has 0 fully saturated rings. The molecule has 7 nitrogen and oxygen atoms in total. The van der Waals surface area contributed by atoms with Gasteiger partial charge < -0.3 is 10.2 Å². The molecule has 0 heterocycles. The van der Waals surface area contributed by atoms with Crippen LogP contribution < -0.4 is 5.32 Å². The number of anilines is 1. The summed E-state index contributed by atoms with van der Waals surface area (Å²) in [5.41, 5.74) is 1.73. The van der Waals surface area contributed by atoms with Crippen molar-refractivity contribution in [3.05, 3.63) is 59.7 Å². The van der Waals surface area contributed by atoms with Gasteiger partial charge in [-0.1, -0.05) is 32.0 Å². The topological polar surface area (TPSA) is 86.8 Å². The average Bonchev–Trinajstić information content (AvgIpc) is 2.72. The van der Waals surface area contributed by atoms with Gasteiger partial charge in [-0.05, 0) is 42.8 Å². The van der Waals surface area contributed by atoms with Gasteiger partial charge in [0.05, 0.1) is 4.90 Å². The van der Waals surface area contributed by atoms with Crippen LogP contribution in [0.3, 0.4) is 0 Å². The molecular weight excluding hydrogens is 402 g/mol. The van der Waals surface area contributed by atoms with Crippen LogP contribution in [0, 0.1) is 0 Å². The SMILES string of the molecule is CCN(Cc1cccc(NC(=O)c2cccc(S(=O)(=O)N(CC)CC)c2)c1)C(C)=O. The Labute approximate surface area is 178 Å². The molecule has 1 N–H and O–H groups in total. The van der Waals surface area contributed by atoms with Crippen LogP contribution in [-0.4, -0.2) is 49.1 Å². The van der Waals surface area contributed by atoms with Gasteiger partial charge in [0.15, 0.2) is 0 Å². The van der Waals surface area contributed by atoms with Crippen molar-refractivity contribution in [3.8, 4) is 0 Å². The van der Waals surface area contributed by atoms with Gasteiger partial charge in [0.2, 0.25) is 15.9 Å². The highest BCUT2D eigenvalue weighted by Crippen LogP contribution is 2.19. The largest absolute Gasteiger partial charge is 0.339 e. The maximum atomic E-state index is 12.7. The summed E-state index contributed by atoms with van der Waals surface area (Å²) in [6.07, 6.45) is 0. The van der Waals surface area contributed by atoms with Gasteiger partial charge in [-0.3, -0.25) is 9.59 Å². The number of hydrogen-bond acceptors (Lipinski definition) is 4. The van der Waals surface area contributed by atoms with Crippen LogP contribution in [0.2, 0.25) is 0 Å². The van der Waals surface area contributed by atoms with E-state index in [0.29, 0.717) is 31.9 Å². The molecule has 0 aliphatic carbocycles. The molecule has 2 aromatic carbocycles. The van der Waals surface area contributed by atoms with E-state index in [4.69, 9.17) is 0 Å². The molecule has 2 amide bonds. The molecule has 0 aliphatic rings. The van der Waals surface area contributed by atoms with E-state index in [9.17, 15) is 18.0 Å². The van der Waals surface area contributed by atoms with Gasteiger partial charge in [-0.25, -0.2) is 8.42 Å². The lowest BCUT2D eigenvalue weighted by molar-refractivity contribution is -0.129. The quantitative estimate of drug-likeness (QED) is 0.660. The molecule has 0 unspecified atom stereocenters. The summed E-state index contributed by atoms with van der Waals surface area (Å²) >= 11 is 0. The Hall–Kier alpha value is -2.71. The van der Waals surface area contributed by atoms with E-state index >= 15 is 0 Å². The first-order valence-corrected chi connectivity index (χ1v) is 11.4.